The van der Waals surface area contributed by atoms with E-state index in [0.717, 1.165) is 6.26 Å². The number of sulfone groups is 1. The van der Waals surface area contributed by atoms with Gasteiger partial charge < -0.3 is 10.8 Å². The normalized spacial score (nSPS) is 14.6. The quantitative estimate of drug-likeness (QED) is 0.840. The fourth-order valence-corrected chi connectivity index (χ4v) is 1.90. The highest BCUT2D eigenvalue weighted by Crippen LogP contribution is 2.29. The average molecular weight is 265 g/mol. The fraction of sp³-hybridized carbons (Fsp3) is 0.400. The number of halogens is 2. The van der Waals surface area contributed by atoms with Crippen LogP contribution in [0, 0.1) is 0 Å². The minimum absolute atomic E-state index is 0.0285. The van der Waals surface area contributed by atoms with Crippen molar-refractivity contribution in [2.24, 2.45) is 5.73 Å². The Balaban J connectivity index is 3.04. The van der Waals surface area contributed by atoms with Gasteiger partial charge in [-0.1, -0.05) is 12.1 Å². The number of hydrogen-bond acceptors (Lipinski definition) is 4. The van der Waals surface area contributed by atoms with Crippen LogP contribution < -0.4 is 5.73 Å². The van der Waals surface area contributed by atoms with E-state index >= 15 is 0 Å². The SMILES string of the molecule is CS(=O)(=O)c1ccc([C@H](N)C(F)(F)CO)cc1. The molecule has 0 aliphatic rings. The first-order chi connectivity index (χ1) is 7.68. The smallest absolute Gasteiger partial charge is 0.289 e. The number of aliphatic hydroxyl groups excluding tert-OH is 1. The van der Waals surface area contributed by atoms with Crippen LogP contribution in [0.1, 0.15) is 11.6 Å². The number of hydrogen-bond donors (Lipinski definition) is 2. The Morgan fingerprint density at radius 1 is 1.35 bits per heavy atom. The summed E-state index contributed by atoms with van der Waals surface area (Å²) in [4.78, 5) is 0.0285. The largest absolute Gasteiger partial charge is 0.390 e. The fourth-order valence-electron chi connectivity index (χ4n) is 1.26. The zero-order chi connectivity index (χ0) is 13.3. The van der Waals surface area contributed by atoms with E-state index in [1.165, 1.54) is 24.3 Å². The molecule has 0 heterocycles. The molecule has 4 nitrogen and oxygen atoms in total. The lowest BCUT2D eigenvalue weighted by Crippen LogP contribution is -2.36. The predicted molar refractivity (Wildman–Crippen MR) is 58.5 cm³/mol. The van der Waals surface area contributed by atoms with Gasteiger partial charge in [0.05, 0.1) is 10.9 Å². The summed E-state index contributed by atoms with van der Waals surface area (Å²) in [6.45, 7) is -1.36. The van der Waals surface area contributed by atoms with E-state index in [2.05, 4.69) is 0 Å². The monoisotopic (exact) mass is 265 g/mol. The summed E-state index contributed by atoms with van der Waals surface area (Å²) in [5.41, 5.74) is 5.35. The van der Waals surface area contributed by atoms with Gasteiger partial charge in [0.15, 0.2) is 9.84 Å². The third-order valence-electron chi connectivity index (χ3n) is 2.33. The van der Waals surface area contributed by atoms with E-state index in [0.29, 0.717) is 0 Å². The van der Waals surface area contributed by atoms with E-state index in [1.54, 1.807) is 0 Å². The third kappa shape index (κ3) is 3.21. The van der Waals surface area contributed by atoms with Crippen molar-refractivity contribution < 1.29 is 22.3 Å². The van der Waals surface area contributed by atoms with E-state index in [4.69, 9.17) is 10.8 Å². The molecule has 17 heavy (non-hydrogen) atoms. The summed E-state index contributed by atoms with van der Waals surface area (Å²) >= 11 is 0. The maximum absolute atomic E-state index is 13.1. The summed E-state index contributed by atoms with van der Waals surface area (Å²) in [5.74, 6) is -3.44. The van der Waals surface area contributed by atoms with Crippen LogP contribution >= 0.6 is 0 Å². The highest BCUT2D eigenvalue weighted by molar-refractivity contribution is 7.90. The molecular weight excluding hydrogens is 252 g/mol. The molecule has 0 saturated carbocycles. The van der Waals surface area contributed by atoms with Crippen LogP contribution in [0.5, 0.6) is 0 Å². The number of alkyl halides is 2. The minimum atomic E-state index is -3.44. The van der Waals surface area contributed by atoms with Crippen molar-refractivity contribution in [2.75, 3.05) is 12.9 Å². The second-order valence-corrected chi connectivity index (χ2v) is 5.75. The van der Waals surface area contributed by atoms with Gasteiger partial charge in [-0.2, -0.15) is 0 Å². The molecule has 0 fully saturated rings. The topological polar surface area (TPSA) is 80.4 Å². The number of aliphatic hydroxyl groups is 1. The second kappa shape index (κ2) is 4.67. The molecule has 1 aromatic carbocycles. The van der Waals surface area contributed by atoms with Crippen molar-refractivity contribution in [2.45, 2.75) is 16.9 Å². The molecular formula is C10H13F2NO3S. The summed E-state index contributed by atoms with van der Waals surface area (Å²) in [5, 5.41) is 8.48. The second-order valence-electron chi connectivity index (χ2n) is 3.74. The Hall–Kier alpha value is -1.05. The van der Waals surface area contributed by atoms with Crippen LogP contribution in [0.2, 0.25) is 0 Å². The molecule has 0 saturated heterocycles. The molecule has 0 bridgehead atoms. The molecule has 96 valence electrons. The summed E-state index contributed by atoms with van der Waals surface area (Å²) < 4.78 is 48.4. The Bertz CT molecular complexity index is 485. The van der Waals surface area contributed by atoms with Gasteiger partial charge in [0.25, 0.3) is 5.92 Å². The summed E-state index contributed by atoms with van der Waals surface area (Å²) in [6.07, 6.45) is 1.02. The molecule has 1 atom stereocenters. The first-order valence-electron chi connectivity index (χ1n) is 4.73. The standard InChI is InChI=1S/C10H13F2NO3S/c1-17(15,16)8-4-2-7(3-5-8)9(13)10(11,12)6-14/h2-5,9,14H,6,13H2,1H3/t9-/m0/s1. The van der Waals surface area contributed by atoms with Gasteiger partial charge in [-0.05, 0) is 17.7 Å². The lowest BCUT2D eigenvalue weighted by Gasteiger charge is -2.21. The summed E-state index contributed by atoms with van der Waals surface area (Å²) in [7, 11) is -3.36. The Morgan fingerprint density at radius 3 is 2.18 bits per heavy atom. The molecule has 0 aliphatic carbocycles. The van der Waals surface area contributed by atoms with Gasteiger partial charge in [0.1, 0.15) is 6.61 Å². The predicted octanol–water partition coefficient (Wildman–Crippen LogP) is 0.718. The molecule has 3 N–H and O–H groups in total. The van der Waals surface area contributed by atoms with Gasteiger partial charge in [-0.15, -0.1) is 0 Å². The number of benzene rings is 1. The molecule has 0 aromatic heterocycles. The highest BCUT2D eigenvalue weighted by atomic mass is 32.2. The van der Waals surface area contributed by atoms with Crippen molar-refractivity contribution >= 4 is 9.84 Å². The van der Waals surface area contributed by atoms with Gasteiger partial charge in [-0.25, -0.2) is 17.2 Å². The lowest BCUT2D eigenvalue weighted by atomic mass is 10.0. The van der Waals surface area contributed by atoms with Crippen LogP contribution in [0.3, 0.4) is 0 Å². The number of rotatable bonds is 4. The van der Waals surface area contributed by atoms with Crippen molar-refractivity contribution in [3.63, 3.8) is 0 Å². The third-order valence-corrected chi connectivity index (χ3v) is 3.46. The average Bonchev–Trinajstić information content (AvgIpc) is 2.27. The zero-order valence-electron chi connectivity index (χ0n) is 9.10. The first kappa shape index (κ1) is 14.0. The van der Waals surface area contributed by atoms with Crippen LogP contribution in [-0.2, 0) is 9.84 Å². The lowest BCUT2D eigenvalue weighted by molar-refractivity contribution is -0.0711. The number of nitrogens with two attached hydrogens (primary N) is 1. The maximum Gasteiger partial charge on any atom is 0.289 e. The zero-order valence-corrected chi connectivity index (χ0v) is 9.92. The molecule has 0 spiro atoms. The van der Waals surface area contributed by atoms with Crippen LogP contribution in [0.15, 0.2) is 29.2 Å². The van der Waals surface area contributed by atoms with Crippen molar-refractivity contribution in [1.29, 1.82) is 0 Å². The van der Waals surface area contributed by atoms with Gasteiger partial charge in [-0.3, -0.25) is 0 Å². The first-order valence-corrected chi connectivity index (χ1v) is 6.62. The molecule has 7 heteroatoms. The Labute approximate surface area is 98.0 Å². The van der Waals surface area contributed by atoms with Crippen LogP contribution in [0.25, 0.3) is 0 Å². The van der Waals surface area contributed by atoms with E-state index < -0.39 is 28.4 Å². The van der Waals surface area contributed by atoms with Crippen molar-refractivity contribution in [1.82, 2.24) is 0 Å². The molecule has 0 aliphatic heterocycles. The maximum atomic E-state index is 13.1. The van der Waals surface area contributed by atoms with Gasteiger partial charge >= 0.3 is 0 Å². The van der Waals surface area contributed by atoms with E-state index in [1.807, 2.05) is 0 Å². The molecule has 0 amide bonds. The minimum Gasteiger partial charge on any atom is -0.390 e. The highest BCUT2D eigenvalue weighted by Gasteiger charge is 2.37. The molecule has 1 aromatic rings. The molecule has 0 radical (unpaired) electrons. The molecule has 0 unspecified atom stereocenters. The summed E-state index contributed by atoms with van der Waals surface area (Å²) in [6, 6.07) is 3.17. The Kier molecular flexibility index (Phi) is 3.85. The van der Waals surface area contributed by atoms with Crippen molar-refractivity contribution in [3.05, 3.63) is 29.8 Å². The van der Waals surface area contributed by atoms with Crippen molar-refractivity contribution in [3.8, 4) is 0 Å². The van der Waals surface area contributed by atoms with Gasteiger partial charge in [0, 0.05) is 6.26 Å². The molecule has 1 rings (SSSR count). The Morgan fingerprint density at radius 2 is 1.82 bits per heavy atom. The van der Waals surface area contributed by atoms with Crippen LogP contribution in [0.4, 0.5) is 8.78 Å². The van der Waals surface area contributed by atoms with Crippen LogP contribution in [-0.4, -0.2) is 32.3 Å². The van der Waals surface area contributed by atoms with E-state index in [9.17, 15) is 17.2 Å². The van der Waals surface area contributed by atoms with E-state index in [-0.39, 0.29) is 10.5 Å². The van der Waals surface area contributed by atoms with Gasteiger partial charge in [0.2, 0.25) is 0 Å².